The highest BCUT2D eigenvalue weighted by atomic mass is 35.5. The molecular formula is C19H22BClN2O3. The summed E-state index contributed by atoms with van der Waals surface area (Å²) in [5.41, 5.74) is 1.35. The zero-order valence-corrected chi connectivity index (χ0v) is 16.1. The normalized spacial score (nSPS) is 17.8. The monoisotopic (exact) mass is 372 g/mol. The average Bonchev–Trinajstić information content (AvgIpc) is 2.78. The Morgan fingerprint density at radius 2 is 1.50 bits per heavy atom. The van der Waals surface area contributed by atoms with E-state index in [0.717, 1.165) is 5.46 Å². The second kappa shape index (κ2) is 6.95. The van der Waals surface area contributed by atoms with E-state index in [9.17, 15) is 4.79 Å². The Balaban J connectivity index is 1.63. The molecule has 0 radical (unpaired) electrons. The van der Waals surface area contributed by atoms with Crippen molar-refractivity contribution in [3.63, 3.8) is 0 Å². The van der Waals surface area contributed by atoms with Crippen LogP contribution in [0.1, 0.15) is 27.7 Å². The number of benzene rings is 2. The van der Waals surface area contributed by atoms with E-state index >= 15 is 0 Å². The van der Waals surface area contributed by atoms with Crippen molar-refractivity contribution in [1.82, 2.24) is 0 Å². The van der Waals surface area contributed by atoms with Crippen molar-refractivity contribution in [3.8, 4) is 0 Å². The predicted molar refractivity (Wildman–Crippen MR) is 106 cm³/mol. The third-order valence-electron chi connectivity index (χ3n) is 4.82. The van der Waals surface area contributed by atoms with Crippen LogP contribution < -0.4 is 16.1 Å². The van der Waals surface area contributed by atoms with Crippen LogP contribution >= 0.6 is 11.6 Å². The molecule has 2 aromatic rings. The summed E-state index contributed by atoms with van der Waals surface area (Å²) < 4.78 is 12.1. The maximum atomic E-state index is 12.1. The average molecular weight is 373 g/mol. The van der Waals surface area contributed by atoms with Gasteiger partial charge in [0.15, 0.2) is 0 Å². The fourth-order valence-corrected chi connectivity index (χ4v) is 2.73. The molecule has 0 unspecified atom stereocenters. The summed E-state index contributed by atoms with van der Waals surface area (Å²) in [6.07, 6.45) is 0. The minimum atomic E-state index is -0.425. The minimum absolute atomic E-state index is 0.360. The minimum Gasteiger partial charge on any atom is -0.399 e. The van der Waals surface area contributed by atoms with E-state index in [1.54, 1.807) is 24.3 Å². The molecule has 2 N–H and O–H groups in total. The van der Waals surface area contributed by atoms with Crippen LogP contribution in [0.15, 0.2) is 48.5 Å². The zero-order valence-electron chi connectivity index (χ0n) is 15.3. The molecule has 1 heterocycles. The van der Waals surface area contributed by atoms with Crippen molar-refractivity contribution >= 4 is 41.6 Å². The predicted octanol–water partition coefficient (Wildman–Crippen LogP) is 4.28. The van der Waals surface area contributed by atoms with Crippen molar-refractivity contribution in [2.45, 2.75) is 38.9 Å². The molecule has 1 saturated heterocycles. The van der Waals surface area contributed by atoms with Gasteiger partial charge in [0.1, 0.15) is 0 Å². The third-order valence-corrected chi connectivity index (χ3v) is 5.15. The van der Waals surface area contributed by atoms with Gasteiger partial charge in [-0.05, 0) is 57.4 Å². The van der Waals surface area contributed by atoms with E-state index in [2.05, 4.69) is 10.6 Å². The first kappa shape index (κ1) is 18.8. The first-order valence-electron chi connectivity index (χ1n) is 8.46. The smallest absolute Gasteiger partial charge is 0.399 e. The molecule has 1 aliphatic rings. The highest BCUT2D eigenvalue weighted by molar-refractivity contribution is 6.62. The van der Waals surface area contributed by atoms with Gasteiger partial charge in [0.05, 0.1) is 21.9 Å². The lowest BCUT2D eigenvalue weighted by atomic mass is 9.79. The van der Waals surface area contributed by atoms with Gasteiger partial charge in [0, 0.05) is 5.69 Å². The number of hydrogen-bond acceptors (Lipinski definition) is 3. The van der Waals surface area contributed by atoms with E-state index in [-0.39, 0.29) is 17.2 Å². The van der Waals surface area contributed by atoms with Crippen molar-refractivity contribution < 1.29 is 14.1 Å². The van der Waals surface area contributed by atoms with Gasteiger partial charge >= 0.3 is 13.1 Å². The number of anilines is 2. The lowest BCUT2D eigenvalue weighted by Gasteiger charge is -2.32. The molecule has 0 saturated carbocycles. The van der Waals surface area contributed by atoms with Crippen LogP contribution in [-0.2, 0) is 9.31 Å². The van der Waals surface area contributed by atoms with Gasteiger partial charge in [-0.3, -0.25) is 0 Å². The van der Waals surface area contributed by atoms with Gasteiger partial charge in [-0.2, -0.15) is 0 Å². The van der Waals surface area contributed by atoms with Gasteiger partial charge in [0.25, 0.3) is 0 Å². The van der Waals surface area contributed by atoms with Crippen LogP contribution in [0.2, 0.25) is 5.02 Å². The summed E-state index contributed by atoms with van der Waals surface area (Å²) in [5, 5.41) is 5.98. The van der Waals surface area contributed by atoms with Crippen LogP contribution in [0.25, 0.3) is 0 Å². The molecule has 0 bridgehead atoms. The highest BCUT2D eigenvalue weighted by Crippen LogP contribution is 2.36. The Kier molecular flexibility index (Phi) is 5.02. The zero-order chi connectivity index (χ0) is 18.9. The molecule has 136 valence electrons. The van der Waals surface area contributed by atoms with Gasteiger partial charge in [-0.15, -0.1) is 0 Å². The van der Waals surface area contributed by atoms with Crippen LogP contribution in [0.4, 0.5) is 16.2 Å². The maximum Gasteiger partial charge on any atom is 0.494 e. The summed E-state index contributed by atoms with van der Waals surface area (Å²) in [6.45, 7) is 8.06. The van der Waals surface area contributed by atoms with Crippen molar-refractivity contribution in [2.24, 2.45) is 0 Å². The Morgan fingerprint density at radius 3 is 2.08 bits per heavy atom. The molecule has 2 amide bonds. The topological polar surface area (TPSA) is 59.6 Å². The molecule has 0 atom stereocenters. The second-order valence-electron chi connectivity index (χ2n) is 7.27. The Morgan fingerprint density at radius 1 is 0.923 bits per heavy atom. The molecule has 5 nitrogen and oxygen atoms in total. The molecule has 0 spiro atoms. The summed E-state index contributed by atoms with van der Waals surface area (Å²) in [4.78, 5) is 12.1. The van der Waals surface area contributed by atoms with E-state index in [4.69, 9.17) is 20.9 Å². The molecule has 2 aromatic carbocycles. The molecule has 26 heavy (non-hydrogen) atoms. The first-order chi connectivity index (χ1) is 12.2. The van der Waals surface area contributed by atoms with Crippen molar-refractivity contribution in [1.29, 1.82) is 0 Å². The largest absolute Gasteiger partial charge is 0.494 e. The fraction of sp³-hybridized carbons (Fsp3) is 0.316. The lowest BCUT2D eigenvalue weighted by Crippen LogP contribution is -2.41. The maximum absolute atomic E-state index is 12.1. The van der Waals surface area contributed by atoms with Gasteiger partial charge in [-0.1, -0.05) is 35.9 Å². The van der Waals surface area contributed by atoms with E-state index in [0.29, 0.717) is 16.4 Å². The van der Waals surface area contributed by atoms with E-state index < -0.39 is 7.12 Å². The second-order valence-corrected chi connectivity index (χ2v) is 7.68. The first-order valence-corrected chi connectivity index (χ1v) is 8.84. The Bertz CT molecular complexity index is 793. The molecular weight excluding hydrogens is 350 g/mol. The lowest BCUT2D eigenvalue weighted by molar-refractivity contribution is 0.00578. The van der Waals surface area contributed by atoms with Crippen LogP contribution in [0, 0.1) is 0 Å². The standard InChI is InChI=1S/C19H22BClN2O3/c1-18(2)19(3,4)26-20(25-18)13-9-11-14(12-10-13)22-17(24)23-16-8-6-5-7-15(16)21/h5-12H,1-4H3,(H2,22,23,24). The number of para-hydroxylation sites is 1. The van der Waals surface area contributed by atoms with Crippen LogP contribution in [0.3, 0.4) is 0 Å². The fourth-order valence-electron chi connectivity index (χ4n) is 2.55. The molecule has 1 fully saturated rings. The van der Waals surface area contributed by atoms with Crippen LogP contribution in [0.5, 0.6) is 0 Å². The van der Waals surface area contributed by atoms with Gasteiger partial charge in [-0.25, -0.2) is 4.79 Å². The van der Waals surface area contributed by atoms with E-state index in [1.165, 1.54) is 0 Å². The molecule has 3 rings (SSSR count). The molecule has 0 aliphatic carbocycles. The number of carbonyl (C=O) groups is 1. The third kappa shape index (κ3) is 3.87. The van der Waals surface area contributed by atoms with Crippen molar-refractivity contribution in [3.05, 3.63) is 53.6 Å². The summed E-state index contributed by atoms with van der Waals surface area (Å²) >= 11 is 6.04. The molecule has 0 aromatic heterocycles. The van der Waals surface area contributed by atoms with Crippen molar-refractivity contribution in [2.75, 3.05) is 10.6 Å². The van der Waals surface area contributed by atoms with E-state index in [1.807, 2.05) is 52.0 Å². The molecule has 1 aliphatic heterocycles. The number of urea groups is 1. The summed E-state index contributed by atoms with van der Waals surface area (Å²) in [7, 11) is -0.425. The number of rotatable bonds is 3. The SMILES string of the molecule is CC1(C)OB(c2ccc(NC(=O)Nc3ccccc3Cl)cc2)OC1(C)C. The number of nitrogens with one attached hydrogen (secondary N) is 2. The van der Waals surface area contributed by atoms with Crippen LogP contribution in [-0.4, -0.2) is 24.4 Å². The highest BCUT2D eigenvalue weighted by Gasteiger charge is 2.51. The number of halogens is 1. The summed E-state index contributed by atoms with van der Waals surface area (Å²) in [5.74, 6) is 0. The Hall–Kier alpha value is -2.02. The summed E-state index contributed by atoms with van der Waals surface area (Å²) in [6, 6.07) is 14.1. The quantitative estimate of drug-likeness (QED) is 0.790. The van der Waals surface area contributed by atoms with Gasteiger partial charge in [0.2, 0.25) is 0 Å². The Labute approximate surface area is 159 Å². The number of amides is 2. The number of hydrogen-bond donors (Lipinski definition) is 2. The number of carbonyl (C=O) groups excluding carboxylic acids is 1. The van der Waals surface area contributed by atoms with Gasteiger partial charge < -0.3 is 19.9 Å². The molecule has 7 heteroatoms.